The van der Waals surface area contributed by atoms with Crippen LogP contribution in [0.3, 0.4) is 0 Å². The number of ether oxygens (including phenoxy) is 1. The summed E-state index contributed by atoms with van der Waals surface area (Å²) in [5.41, 5.74) is 0.634. The van der Waals surface area contributed by atoms with E-state index in [4.69, 9.17) is 16.3 Å². The van der Waals surface area contributed by atoms with Gasteiger partial charge in [-0.15, -0.1) is 10.2 Å². The monoisotopic (exact) mass is 329 g/mol. The van der Waals surface area contributed by atoms with Crippen LogP contribution in [-0.4, -0.2) is 29.0 Å². The lowest BCUT2D eigenvalue weighted by Crippen LogP contribution is -2.13. The molecule has 0 atom stereocenters. The van der Waals surface area contributed by atoms with Crippen LogP contribution in [0.15, 0.2) is 22.5 Å². The normalized spacial score (nSPS) is 10.3. The number of thioether (sulfide) groups is 1. The van der Waals surface area contributed by atoms with Crippen molar-refractivity contribution in [2.45, 2.75) is 11.3 Å². The van der Waals surface area contributed by atoms with Gasteiger partial charge in [-0.05, 0) is 25.1 Å². The molecule has 1 amide bonds. The van der Waals surface area contributed by atoms with Crippen LogP contribution in [0.2, 0.25) is 5.02 Å². The number of hydrogen-bond donors (Lipinski definition) is 1. The number of aromatic nitrogens is 2. The van der Waals surface area contributed by atoms with E-state index in [1.165, 1.54) is 23.1 Å². The highest BCUT2D eigenvalue weighted by Gasteiger charge is 2.08. The number of carbonyl (C=O) groups excluding carboxylic acids is 1. The van der Waals surface area contributed by atoms with E-state index in [9.17, 15) is 4.79 Å². The van der Waals surface area contributed by atoms with Crippen molar-refractivity contribution in [2.24, 2.45) is 0 Å². The van der Waals surface area contributed by atoms with Crippen molar-refractivity contribution >= 4 is 46.3 Å². The van der Waals surface area contributed by atoms with Crippen LogP contribution in [0.25, 0.3) is 0 Å². The van der Waals surface area contributed by atoms with Gasteiger partial charge in [0.2, 0.25) is 5.91 Å². The Hall–Kier alpha value is -1.31. The Kier molecular flexibility index (Phi) is 5.22. The lowest BCUT2D eigenvalue weighted by Gasteiger charge is -2.07. The van der Waals surface area contributed by atoms with Crippen molar-refractivity contribution in [3.63, 3.8) is 0 Å². The third-order valence-electron chi connectivity index (χ3n) is 2.27. The van der Waals surface area contributed by atoms with Crippen molar-refractivity contribution in [3.8, 4) is 5.75 Å². The molecule has 8 heteroatoms. The fourth-order valence-electron chi connectivity index (χ4n) is 1.41. The van der Waals surface area contributed by atoms with Gasteiger partial charge in [0.15, 0.2) is 4.34 Å². The zero-order valence-electron chi connectivity index (χ0n) is 10.8. The number of aryl methyl sites for hydroxylation is 1. The first kappa shape index (κ1) is 15.1. The molecule has 20 heavy (non-hydrogen) atoms. The first-order chi connectivity index (χ1) is 9.58. The summed E-state index contributed by atoms with van der Waals surface area (Å²) in [6.07, 6.45) is 0. The largest absolute Gasteiger partial charge is 0.495 e. The number of carbonyl (C=O) groups is 1. The topological polar surface area (TPSA) is 64.1 Å². The van der Waals surface area contributed by atoms with Crippen LogP contribution in [0.4, 0.5) is 5.69 Å². The van der Waals surface area contributed by atoms with E-state index in [0.717, 1.165) is 9.35 Å². The predicted molar refractivity (Wildman–Crippen MR) is 82.0 cm³/mol. The first-order valence-corrected chi connectivity index (χ1v) is 7.83. The summed E-state index contributed by atoms with van der Waals surface area (Å²) in [7, 11) is 1.54. The van der Waals surface area contributed by atoms with Crippen LogP contribution < -0.4 is 10.1 Å². The number of benzene rings is 1. The highest BCUT2D eigenvalue weighted by Crippen LogP contribution is 2.27. The predicted octanol–water partition coefficient (Wildman–Crippen LogP) is 3.24. The van der Waals surface area contributed by atoms with Gasteiger partial charge < -0.3 is 10.1 Å². The lowest BCUT2D eigenvalue weighted by atomic mass is 10.3. The molecule has 0 bridgehead atoms. The number of anilines is 1. The molecular weight excluding hydrogens is 318 g/mol. The molecule has 2 rings (SSSR count). The van der Waals surface area contributed by atoms with E-state index in [1.807, 2.05) is 6.92 Å². The maximum absolute atomic E-state index is 11.8. The van der Waals surface area contributed by atoms with E-state index >= 15 is 0 Å². The molecule has 0 saturated carbocycles. The molecule has 0 saturated heterocycles. The number of rotatable bonds is 5. The number of hydrogen-bond acceptors (Lipinski definition) is 6. The number of nitrogens with one attached hydrogen (secondary N) is 1. The third-order valence-corrected chi connectivity index (χ3v) is 4.54. The number of methoxy groups -OCH3 is 1. The zero-order valence-corrected chi connectivity index (χ0v) is 13.2. The third kappa shape index (κ3) is 4.09. The summed E-state index contributed by atoms with van der Waals surface area (Å²) < 4.78 is 5.83. The standard InChI is InChI=1S/C12H12ClN3O2S2/c1-7-15-16-12(20-7)19-6-11(17)14-8-3-4-10(18-2)9(13)5-8/h3-5H,6H2,1-2H3,(H,14,17). The van der Waals surface area contributed by atoms with Gasteiger partial charge in [0.1, 0.15) is 10.8 Å². The van der Waals surface area contributed by atoms with E-state index < -0.39 is 0 Å². The molecule has 1 aromatic heterocycles. The average molecular weight is 330 g/mol. The Morgan fingerprint density at radius 3 is 2.90 bits per heavy atom. The summed E-state index contributed by atoms with van der Waals surface area (Å²) in [5.74, 6) is 0.727. The SMILES string of the molecule is COc1ccc(NC(=O)CSc2nnc(C)s2)cc1Cl. The Balaban J connectivity index is 1.89. The molecule has 0 fully saturated rings. The van der Waals surface area contributed by atoms with Crippen LogP contribution in [0.5, 0.6) is 5.75 Å². The van der Waals surface area contributed by atoms with Gasteiger partial charge >= 0.3 is 0 Å². The second-order valence-corrected chi connectivity index (χ2v) is 6.58. The Bertz CT molecular complexity index is 618. The fourth-order valence-corrected chi connectivity index (χ4v) is 3.28. The van der Waals surface area contributed by atoms with Crippen molar-refractivity contribution in [1.29, 1.82) is 0 Å². The van der Waals surface area contributed by atoms with Gasteiger partial charge in [0.25, 0.3) is 0 Å². The van der Waals surface area contributed by atoms with E-state index in [1.54, 1.807) is 25.3 Å². The second kappa shape index (κ2) is 6.92. The summed E-state index contributed by atoms with van der Waals surface area (Å²) in [5, 5.41) is 11.9. The van der Waals surface area contributed by atoms with Gasteiger partial charge in [-0.2, -0.15) is 0 Å². The minimum atomic E-state index is -0.121. The van der Waals surface area contributed by atoms with E-state index in [2.05, 4.69) is 15.5 Å². The van der Waals surface area contributed by atoms with Gasteiger partial charge in [-0.1, -0.05) is 34.7 Å². The number of nitrogens with zero attached hydrogens (tertiary/aromatic N) is 2. The summed E-state index contributed by atoms with van der Waals surface area (Å²) in [6.45, 7) is 1.88. The smallest absolute Gasteiger partial charge is 0.234 e. The van der Waals surface area contributed by atoms with Gasteiger partial charge in [-0.25, -0.2) is 0 Å². The van der Waals surface area contributed by atoms with E-state index in [0.29, 0.717) is 16.5 Å². The van der Waals surface area contributed by atoms with Gasteiger partial charge in [-0.3, -0.25) is 4.79 Å². The molecule has 1 aromatic carbocycles. The van der Waals surface area contributed by atoms with E-state index in [-0.39, 0.29) is 11.7 Å². The highest BCUT2D eigenvalue weighted by molar-refractivity contribution is 8.01. The van der Waals surface area contributed by atoms with Gasteiger partial charge in [0.05, 0.1) is 17.9 Å². The molecule has 1 heterocycles. The zero-order chi connectivity index (χ0) is 14.5. The van der Waals surface area contributed by atoms with Crippen LogP contribution >= 0.6 is 34.7 Å². The molecule has 0 aliphatic heterocycles. The maximum atomic E-state index is 11.8. The summed E-state index contributed by atoms with van der Waals surface area (Å²) in [6, 6.07) is 5.10. The van der Waals surface area contributed by atoms with Crippen molar-refractivity contribution < 1.29 is 9.53 Å². The molecule has 1 N–H and O–H groups in total. The molecule has 0 aliphatic carbocycles. The summed E-state index contributed by atoms with van der Waals surface area (Å²) >= 11 is 8.81. The van der Waals surface area contributed by atoms with Crippen molar-refractivity contribution in [1.82, 2.24) is 10.2 Å². The number of amides is 1. The molecule has 0 spiro atoms. The molecule has 0 aliphatic rings. The Labute approximate surface area is 129 Å². The molecule has 106 valence electrons. The quantitative estimate of drug-likeness (QED) is 0.853. The second-order valence-electron chi connectivity index (χ2n) is 3.77. The van der Waals surface area contributed by atoms with Crippen molar-refractivity contribution in [2.75, 3.05) is 18.2 Å². The Morgan fingerprint density at radius 2 is 2.30 bits per heavy atom. The highest BCUT2D eigenvalue weighted by atomic mass is 35.5. The minimum absolute atomic E-state index is 0.121. The van der Waals surface area contributed by atoms with Gasteiger partial charge in [0, 0.05) is 5.69 Å². The van der Waals surface area contributed by atoms with Crippen LogP contribution in [0.1, 0.15) is 5.01 Å². The van der Waals surface area contributed by atoms with Crippen molar-refractivity contribution in [3.05, 3.63) is 28.2 Å². The first-order valence-electron chi connectivity index (χ1n) is 5.65. The molecular formula is C12H12ClN3O2S2. The summed E-state index contributed by atoms with van der Waals surface area (Å²) in [4.78, 5) is 11.8. The Morgan fingerprint density at radius 1 is 1.50 bits per heavy atom. The molecule has 0 unspecified atom stereocenters. The minimum Gasteiger partial charge on any atom is -0.495 e. The average Bonchev–Trinajstić information content (AvgIpc) is 2.82. The lowest BCUT2D eigenvalue weighted by molar-refractivity contribution is -0.113. The molecule has 0 radical (unpaired) electrons. The van der Waals surface area contributed by atoms with Crippen LogP contribution in [0, 0.1) is 6.92 Å². The maximum Gasteiger partial charge on any atom is 0.234 e. The number of halogens is 1. The fraction of sp³-hybridized carbons (Fsp3) is 0.250. The van der Waals surface area contributed by atoms with Crippen LogP contribution in [-0.2, 0) is 4.79 Å². The molecule has 5 nitrogen and oxygen atoms in total. The molecule has 2 aromatic rings.